The molecule has 0 spiro atoms. The average Bonchev–Trinajstić information content (AvgIpc) is 2.45. The molecule has 21 heavy (non-hydrogen) atoms. The molecule has 0 saturated carbocycles. The molecule has 1 aliphatic heterocycles. The van der Waals surface area contributed by atoms with Crippen LogP contribution in [0, 0.1) is 0 Å². The van der Waals surface area contributed by atoms with Crippen LogP contribution in [-0.4, -0.2) is 37.1 Å². The highest BCUT2D eigenvalue weighted by atomic mass is 79.9. The fourth-order valence-corrected chi connectivity index (χ4v) is 3.33. The Labute approximate surface area is 132 Å². The van der Waals surface area contributed by atoms with Crippen molar-refractivity contribution in [3.05, 3.63) is 29.3 Å². The minimum Gasteiger partial charge on any atom is -0.369 e. The van der Waals surface area contributed by atoms with Crippen LogP contribution in [0.2, 0.25) is 0 Å². The van der Waals surface area contributed by atoms with E-state index in [1.807, 2.05) is 4.90 Å². The van der Waals surface area contributed by atoms with Crippen LogP contribution in [0.5, 0.6) is 0 Å². The van der Waals surface area contributed by atoms with Gasteiger partial charge in [0.2, 0.25) is 0 Å². The van der Waals surface area contributed by atoms with Crippen LogP contribution < -0.4 is 4.90 Å². The summed E-state index contributed by atoms with van der Waals surface area (Å²) in [6.07, 6.45) is -4.31. The summed E-state index contributed by atoms with van der Waals surface area (Å²) in [5, 5.41) is 0.210. The molecular formula is C15H20BrF3N2. The summed E-state index contributed by atoms with van der Waals surface area (Å²) in [4.78, 5) is 4.39. The third-order valence-corrected chi connectivity index (χ3v) is 4.68. The number of hydrogen-bond acceptors (Lipinski definition) is 2. The van der Waals surface area contributed by atoms with Crippen LogP contribution in [0.1, 0.15) is 25.0 Å². The number of halogens is 4. The van der Waals surface area contributed by atoms with Crippen molar-refractivity contribution in [1.29, 1.82) is 0 Å². The predicted molar refractivity (Wildman–Crippen MR) is 83.0 cm³/mol. The van der Waals surface area contributed by atoms with Crippen molar-refractivity contribution in [2.75, 3.05) is 31.1 Å². The third kappa shape index (κ3) is 3.72. The van der Waals surface area contributed by atoms with Gasteiger partial charge < -0.3 is 4.90 Å². The van der Waals surface area contributed by atoms with Crippen molar-refractivity contribution < 1.29 is 13.2 Å². The second-order valence-electron chi connectivity index (χ2n) is 5.40. The third-order valence-electron chi connectivity index (χ3n) is 4.08. The fraction of sp³-hybridized carbons (Fsp3) is 0.600. The summed E-state index contributed by atoms with van der Waals surface area (Å²) >= 11 is 3.13. The molecule has 0 radical (unpaired) electrons. The first-order chi connectivity index (χ1) is 9.86. The molecule has 0 aliphatic carbocycles. The minimum absolute atomic E-state index is 0.210. The number of piperazine rings is 1. The zero-order valence-electron chi connectivity index (χ0n) is 12.3. The standard InChI is InChI=1S/C15H20BrF3N2/c1-3-20-6-7-21(10-11(20)2)13-5-4-12(9-16)14(8-13)15(17,18)19/h4-5,8,11H,3,6-7,9-10H2,1-2H3. The van der Waals surface area contributed by atoms with E-state index in [4.69, 9.17) is 0 Å². The van der Waals surface area contributed by atoms with E-state index in [0.717, 1.165) is 26.2 Å². The topological polar surface area (TPSA) is 6.48 Å². The molecular weight excluding hydrogens is 345 g/mol. The van der Waals surface area contributed by atoms with E-state index < -0.39 is 11.7 Å². The van der Waals surface area contributed by atoms with E-state index in [-0.39, 0.29) is 10.9 Å². The van der Waals surface area contributed by atoms with Crippen LogP contribution in [0.3, 0.4) is 0 Å². The molecule has 1 fully saturated rings. The smallest absolute Gasteiger partial charge is 0.369 e. The lowest BCUT2D eigenvalue weighted by molar-refractivity contribution is -0.138. The Balaban J connectivity index is 2.25. The SMILES string of the molecule is CCN1CCN(c2ccc(CBr)c(C(F)(F)F)c2)CC1C. The normalized spacial score (nSPS) is 20.9. The number of anilines is 1. The zero-order valence-corrected chi connectivity index (χ0v) is 13.8. The largest absolute Gasteiger partial charge is 0.416 e. The Bertz CT molecular complexity index is 490. The lowest BCUT2D eigenvalue weighted by Gasteiger charge is -2.40. The van der Waals surface area contributed by atoms with Gasteiger partial charge in [0.25, 0.3) is 0 Å². The highest BCUT2D eigenvalue weighted by Crippen LogP contribution is 2.35. The van der Waals surface area contributed by atoms with E-state index in [9.17, 15) is 13.2 Å². The number of alkyl halides is 4. The highest BCUT2D eigenvalue weighted by Gasteiger charge is 2.34. The lowest BCUT2D eigenvalue weighted by Crippen LogP contribution is -2.51. The maximum atomic E-state index is 13.1. The maximum absolute atomic E-state index is 13.1. The quantitative estimate of drug-likeness (QED) is 0.744. The van der Waals surface area contributed by atoms with Crippen molar-refractivity contribution in [1.82, 2.24) is 4.90 Å². The van der Waals surface area contributed by atoms with Gasteiger partial charge in [-0.1, -0.05) is 28.9 Å². The molecule has 1 heterocycles. The Hall–Kier alpha value is -0.750. The molecule has 0 aromatic heterocycles. The van der Waals surface area contributed by atoms with Gasteiger partial charge in [0.15, 0.2) is 0 Å². The number of rotatable bonds is 3. The van der Waals surface area contributed by atoms with E-state index in [1.165, 1.54) is 6.07 Å². The fourth-order valence-electron chi connectivity index (χ4n) is 2.84. The second-order valence-corrected chi connectivity index (χ2v) is 5.96. The molecule has 0 amide bonds. The van der Waals surface area contributed by atoms with E-state index in [2.05, 4.69) is 34.7 Å². The molecule has 1 aromatic carbocycles. The molecule has 0 bridgehead atoms. The van der Waals surface area contributed by atoms with Crippen LogP contribution in [0.25, 0.3) is 0 Å². The van der Waals surface area contributed by atoms with Crippen LogP contribution in [0.4, 0.5) is 18.9 Å². The maximum Gasteiger partial charge on any atom is 0.416 e. The predicted octanol–water partition coefficient (Wildman–Crippen LogP) is 4.13. The van der Waals surface area contributed by atoms with Gasteiger partial charge in [-0.2, -0.15) is 13.2 Å². The van der Waals surface area contributed by atoms with Crippen molar-refractivity contribution in [2.45, 2.75) is 31.4 Å². The van der Waals surface area contributed by atoms with Gasteiger partial charge in [-0.15, -0.1) is 0 Å². The Morgan fingerprint density at radius 3 is 2.52 bits per heavy atom. The van der Waals surface area contributed by atoms with Gasteiger partial charge in [0, 0.05) is 36.7 Å². The first kappa shape index (κ1) is 16.6. The summed E-state index contributed by atoms with van der Waals surface area (Å²) in [6.45, 7) is 7.62. The molecule has 2 nitrogen and oxygen atoms in total. The van der Waals surface area contributed by atoms with Crippen molar-refractivity contribution in [2.24, 2.45) is 0 Å². The van der Waals surface area contributed by atoms with Crippen molar-refractivity contribution in [3.8, 4) is 0 Å². The van der Waals surface area contributed by atoms with E-state index in [0.29, 0.717) is 11.7 Å². The lowest BCUT2D eigenvalue weighted by atomic mass is 10.1. The molecule has 0 N–H and O–H groups in total. The molecule has 2 rings (SSSR count). The van der Waals surface area contributed by atoms with Crippen LogP contribution in [0.15, 0.2) is 18.2 Å². The van der Waals surface area contributed by atoms with Gasteiger partial charge in [-0.05, 0) is 31.2 Å². The molecule has 1 aromatic rings. The Morgan fingerprint density at radius 2 is 2.00 bits per heavy atom. The molecule has 1 aliphatic rings. The summed E-state index contributed by atoms with van der Waals surface area (Å²) < 4.78 is 39.4. The first-order valence-electron chi connectivity index (χ1n) is 7.12. The summed E-state index contributed by atoms with van der Waals surface area (Å²) in [7, 11) is 0. The van der Waals surface area contributed by atoms with Gasteiger partial charge in [0.05, 0.1) is 5.56 Å². The number of benzene rings is 1. The number of likely N-dealkylation sites (N-methyl/N-ethyl adjacent to an activating group) is 1. The van der Waals surface area contributed by atoms with Gasteiger partial charge in [0.1, 0.15) is 0 Å². The second kappa shape index (κ2) is 6.57. The highest BCUT2D eigenvalue weighted by molar-refractivity contribution is 9.08. The number of nitrogens with zero attached hydrogens (tertiary/aromatic N) is 2. The van der Waals surface area contributed by atoms with Crippen molar-refractivity contribution in [3.63, 3.8) is 0 Å². The van der Waals surface area contributed by atoms with Crippen LogP contribution >= 0.6 is 15.9 Å². The van der Waals surface area contributed by atoms with Gasteiger partial charge in [-0.3, -0.25) is 4.90 Å². The van der Waals surface area contributed by atoms with E-state index >= 15 is 0 Å². The molecule has 1 unspecified atom stereocenters. The van der Waals surface area contributed by atoms with Gasteiger partial charge in [-0.25, -0.2) is 0 Å². The summed E-state index contributed by atoms with van der Waals surface area (Å²) in [5.41, 5.74) is 0.406. The molecule has 118 valence electrons. The minimum atomic E-state index is -4.31. The zero-order chi connectivity index (χ0) is 15.6. The summed E-state index contributed by atoms with van der Waals surface area (Å²) in [5.74, 6) is 0. The molecule has 6 heteroatoms. The van der Waals surface area contributed by atoms with Gasteiger partial charge >= 0.3 is 6.18 Å². The number of hydrogen-bond donors (Lipinski definition) is 0. The molecule has 1 atom stereocenters. The monoisotopic (exact) mass is 364 g/mol. The summed E-state index contributed by atoms with van der Waals surface area (Å²) in [6, 6.07) is 5.00. The Kier molecular flexibility index (Phi) is 5.20. The van der Waals surface area contributed by atoms with Crippen LogP contribution in [-0.2, 0) is 11.5 Å². The first-order valence-corrected chi connectivity index (χ1v) is 8.24. The van der Waals surface area contributed by atoms with Crippen molar-refractivity contribution >= 4 is 21.6 Å². The van der Waals surface area contributed by atoms with E-state index in [1.54, 1.807) is 12.1 Å². The molecule has 1 saturated heterocycles. The Morgan fingerprint density at radius 1 is 1.29 bits per heavy atom. The average molecular weight is 365 g/mol.